The van der Waals surface area contributed by atoms with E-state index in [9.17, 15) is 10.1 Å². The monoisotopic (exact) mass is 269 g/mol. The Labute approximate surface area is 114 Å². The van der Waals surface area contributed by atoms with Gasteiger partial charge in [-0.3, -0.25) is 0 Å². The van der Waals surface area contributed by atoms with E-state index in [1.165, 1.54) is 7.11 Å². The predicted molar refractivity (Wildman–Crippen MR) is 70.0 cm³/mol. The van der Waals surface area contributed by atoms with Gasteiger partial charge < -0.3 is 20.5 Å². The molecule has 1 fully saturated rings. The number of nitrogens with zero attached hydrogens (tertiary/aromatic N) is 1. The van der Waals surface area contributed by atoms with Crippen molar-refractivity contribution in [1.82, 2.24) is 5.32 Å². The van der Waals surface area contributed by atoms with Crippen LogP contribution in [-0.4, -0.2) is 30.6 Å². The number of methoxy groups -OCH3 is 1. The van der Waals surface area contributed by atoms with Crippen molar-refractivity contribution in [2.75, 3.05) is 7.11 Å². The van der Waals surface area contributed by atoms with Crippen LogP contribution >= 0.6 is 0 Å². The molecular weight excluding hydrogens is 246 g/mol. The average Bonchev–Trinajstić information content (AvgIpc) is 2.20. The van der Waals surface area contributed by atoms with Gasteiger partial charge in [0.1, 0.15) is 5.41 Å². The van der Waals surface area contributed by atoms with Crippen LogP contribution in [0.3, 0.4) is 0 Å². The smallest absolute Gasteiger partial charge is 0.406 e. The number of rotatable bonds is 3. The van der Waals surface area contributed by atoms with E-state index in [1.807, 2.05) is 27.7 Å². The topological polar surface area (TPSA) is 97.4 Å². The fourth-order valence-electron chi connectivity index (χ4n) is 3.43. The molecule has 19 heavy (non-hydrogen) atoms. The molecule has 1 unspecified atom stereocenters. The number of nitriles is 1. The first kappa shape index (κ1) is 15.7. The number of primary amides is 1. The molecule has 1 amide bonds. The molecule has 1 aliphatic rings. The van der Waals surface area contributed by atoms with Crippen LogP contribution in [-0.2, 0) is 9.47 Å². The maximum atomic E-state index is 11.0. The summed E-state index contributed by atoms with van der Waals surface area (Å²) in [6.45, 7) is 8.04. The highest BCUT2D eigenvalue weighted by Gasteiger charge is 2.53. The van der Waals surface area contributed by atoms with Gasteiger partial charge in [-0.1, -0.05) is 0 Å². The zero-order valence-electron chi connectivity index (χ0n) is 12.2. The molecule has 6 heteroatoms. The van der Waals surface area contributed by atoms with Gasteiger partial charge in [-0.05, 0) is 40.5 Å². The van der Waals surface area contributed by atoms with Crippen molar-refractivity contribution in [2.24, 2.45) is 11.1 Å². The summed E-state index contributed by atoms with van der Waals surface area (Å²) in [5.74, 6) is 0. The molecule has 0 saturated carbocycles. The normalized spacial score (nSPS) is 25.1. The van der Waals surface area contributed by atoms with Crippen LogP contribution in [0.2, 0.25) is 0 Å². The Kier molecular flexibility index (Phi) is 4.13. The van der Waals surface area contributed by atoms with Gasteiger partial charge in [-0.25, -0.2) is 4.79 Å². The van der Waals surface area contributed by atoms with Crippen LogP contribution < -0.4 is 11.1 Å². The summed E-state index contributed by atoms with van der Waals surface area (Å²) in [5, 5.41) is 13.1. The van der Waals surface area contributed by atoms with Crippen molar-refractivity contribution in [2.45, 2.75) is 57.9 Å². The Morgan fingerprint density at radius 1 is 1.32 bits per heavy atom. The predicted octanol–water partition coefficient (Wildman–Crippen LogP) is 1.50. The fourth-order valence-corrected chi connectivity index (χ4v) is 3.43. The van der Waals surface area contributed by atoms with Gasteiger partial charge in [-0.15, -0.1) is 0 Å². The summed E-state index contributed by atoms with van der Waals surface area (Å²) < 4.78 is 10.2. The third-order valence-electron chi connectivity index (χ3n) is 3.30. The SMILES string of the molecule is COC(OC(N)=O)C1(C#N)CC(C)(C)NC(C)(C)C1. The summed E-state index contributed by atoms with van der Waals surface area (Å²) in [6.07, 6.45) is -0.886. The van der Waals surface area contributed by atoms with Crippen molar-refractivity contribution in [3.05, 3.63) is 0 Å². The molecule has 1 rings (SSSR count). The first-order valence-electron chi connectivity index (χ1n) is 6.25. The number of carbonyl (C=O) groups is 1. The Balaban J connectivity index is 3.14. The molecule has 0 aromatic heterocycles. The van der Waals surface area contributed by atoms with Gasteiger partial charge in [0.25, 0.3) is 0 Å². The second kappa shape index (κ2) is 4.99. The zero-order valence-corrected chi connectivity index (χ0v) is 12.2. The van der Waals surface area contributed by atoms with Gasteiger partial charge >= 0.3 is 6.09 Å². The van der Waals surface area contributed by atoms with Crippen LogP contribution in [0.1, 0.15) is 40.5 Å². The highest BCUT2D eigenvalue weighted by Crippen LogP contribution is 2.45. The van der Waals surface area contributed by atoms with Crippen molar-refractivity contribution in [3.8, 4) is 6.07 Å². The van der Waals surface area contributed by atoms with Crippen LogP contribution in [0.4, 0.5) is 4.79 Å². The van der Waals surface area contributed by atoms with Crippen LogP contribution in [0, 0.1) is 16.7 Å². The maximum Gasteiger partial charge on any atom is 0.406 e. The summed E-state index contributed by atoms with van der Waals surface area (Å²) in [5.41, 5.74) is 3.61. The number of piperidine rings is 1. The Bertz CT molecular complexity index is 382. The Morgan fingerprint density at radius 2 is 1.79 bits per heavy atom. The molecule has 0 aliphatic carbocycles. The molecule has 0 spiro atoms. The van der Waals surface area contributed by atoms with Gasteiger partial charge in [0.15, 0.2) is 0 Å². The molecule has 108 valence electrons. The van der Waals surface area contributed by atoms with Crippen molar-refractivity contribution in [3.63, 3.8) is 0 Å². The third kappa shape index (κ3) is 3.58. The number of hydrogen-bond acceptors (Lipinski definition) is 5. The van der Waals surface area contributed by atoms with E-state index >= 15 is 0 Å². The molecule has 0 bridgehead atoms. The van der Waals surface area contributed by atoms with E-state index in [1.54, 1.807) is 0 Å². The summed E-state index contributed by atoms with van der Waals surface area (Å²) >= 11 is 0. The van der Waals surface area contributed by atoms with E-state index in [0.717, 1.165) is 0 Å². The van der Waals surface area contributed by atoms with Gasteiger partial charge in [0.05, 0.1) is 6.07 Å². The lowest BCUT2D eigenvalue weighted by atomic mass is 9.66. The quantitative estimate of drug-likeness (QED) is 0.757. The number of carbonyl (C=O) groups excluding carboxylic acids is 1. The third-order valence-corrected chi connectivity index (χ3v) is 3.30. The minimum absolute atomic E-state index is 0.269. The Morgan fingerprint density at radius 3 is 2.11 bits per heavy atom. The molecule has 3 N–H and O–H groups in total. The van der Waals surface area contributed by atoms with Gasteiger partial charge in [-0.2, -0.15) is 5.26 Å². The minimum atomic E-state index is -0.962. The van der Waals surface area contributed by atoms with E-state index in [4.69, 9.17) is 15.2 Å². The average molecular weight is 269 g/mol. The first-order chi connectivity index (χ1) is 8.56. The van der Waals surface area contributed by atoms with E-state index in [-0.39, 0.29) is 11.1 Å². The first-order valence-corrected chi connectivity index (χ1v) is 6.25. The molecule has 1 atom stereocenters. The highest BCUT2D eigenvalue weighted by molar-refractivity contribution is 5.64. The lowest BCUT2D eigenvalue weighted by Gasteiger charge is -2.51. The maximum absolute atomic E-state index is 11.0. The molecule has 1 heterocycles. The van der Waals surface area contributed by atoms with Crippen LogP contribution in [0.25, 0.3) is 0 Å². The molecule has 1 saturated heterocycles. The highest BCUT2D eigenvalue weighted by atomic mass is 16.7. The van der Waals surface area contributed by atoms with E-state index < -0.39 is 17.8 Å². The molecule has 0 radical (unpaired) electrons. The number of amides is 1. The standard InChI is InChI=1S/C13H23N3O3/c1-11(2)6-13(8-14,7-12(3,4)16-11)9(18-5)19-10(15)17/h9,16H,6-7H2,1-5H3,(H2,15,17). The number of nitrogens with one attached hydrogen (secondary N) is 1. The van der Waals surface area contributed by atoms with Gasteiger partial charge in [0, 0.05) is 18.2 Å². The number of ether oxygens (including phenoxy) is 2. The summed E-state index contributed by atoms with van der Waals surface area (Å²) in [4.78, 5) is 11.0. The van der Waals surface area contributed by atoms with Crippen molar-refractivity contribution >= 4 is 6.09 Å². The molecule has 6 nitrogen and oxygen atoms in total. The van der Waals surface area contributed by atoms with E-state index in [0.29, 0.717) is 12.8 Å². The molecular formula is C13H23N3O3. The van der Waals surface area contributed by atoms with Crippen LogP contribution in [0.15, 0.2) is 0 Å². The molecule has 0 aromatic rings. The van der Waals surface area contributed by atoms with Crippen molar-refractivity contribution < 1.29 is 14.3 Å². The van der Waals surface area contributed by atoms with Gasteiger partial charge in [0.2, 0.25) is 6.29 Å². The second-order valence-electron chi connectivity index (χ2n) is 6.52. The molecule has 0 aromatic carbocycles. The largest absolute Gasteiger partial charge is 0.418 e. The van der Waals surface area contributed by atoms with E-state index in [2.05, 4.69) is 11.4 Å². The number of hydrogen-bond donors (Lipinski definition) is 2. The zero-order chi connectivity index (χ0) is 14.9. The molecule has 1 aliphatic heterocycles. The number of nitrogens with two attached hydrogens (primary N) is 1. The lowest BCUT2D eigenvalue weighted by Crippen LogP contribution is -2.63. The fraction of sp³-hybridized carbons (Fsp3) is 0.846. The van der Waals surface area contributed by atoms with Crippen molar-refractivity contribution in [1.29, 1.82) is 5.26 Å². The summed E-state index contributed by atoms with van der Waals surface area (Å²) in [6, 6.07) is 2.29. The Hall–Kier alpha value is -1.32. The lowest BCUT2D eigenvalue weighted by molar-refractivity contribution is -0.163. The minimum Gasteiger partial charge on any atom is -0.418 e. The summed E-state index contributed by atoms with van der Waals surface area (Å²) in [7, 11) is 1.41. The van der Waals surface area contributed by atoms with Crippen LogP contribution in [0.5, 0.6) is 0 Å². The second-order valence-corrected chi connectivity index (χ2v) is 6.52.